The van der Waals surface area contributed by atoms with E-state index in [2.05, 4.69) is 4.74 Å². The largest absolute Gasteiger partial charge is 0.393 e. The molecule has 0 aromatic rings. The molecule has 13 heavy (non-hydrogen) atoms. The zero-order chi connectivity index (χ0) is 10.1. The van der Waals surface area contributed by atoms with Crippen molar-refractivity contribution >= 4 is 11.9 Å². The van der Waals surface area contributed by atoms with Crippen molar-refractivity contribution in [3.63, 3.8) is 0 Å². The van der Waals surface area contributed by atoms with Gasteiger partial charge in [0, 0.05) is 0 Å². The summed E-state index contributed by atoms with van der Waals surface area (Å²) in [5, 5.41) is 0. The molecule has 1 aliphatic rings. The molecular weight excluding hydrogens is 168 g/mol. The second kappa shape index (κ2) is 3.48. The summed E-state index contributed by atoms with van der Waals surface area (Å²) in [6.45, 7) is 5.95. The summed E-state index contributed by atoms with van der Waals surface area (Å²) in [5.41, 5.74) is -0.536. The quantitative estimate of drug-likeness (QED) is 0.497. The SMILES string of the molecule is CCCC1(C(C)C)CC(=O)OC1=O. The van der Waals surface area contributed by atoms with Crippen LogP contribution >= 0.6 is 0 Å². The fourth-order valence-electron chi connectivity index (χ4n) is 1.94. The third kappa shape index (κ3) is 1.60. The van der Waals surface area contributed by atoms with Gasteiger partial charge in [0.05, 0.1) is 11.8 Å². The minimum Gasteiger partial charge on any atom is -0.393 e. The van der Waals surface area contributed by atoms with E-state index in [9.17, 15) is 9.59 Å². The lowest BCUT2D eigenvalue weighted by Gasteiger charge is -2.27. The molecular formula is C10H16O3. The Morgan fingerprint density at radius 2 is 2.08 bits per heavy atom. The maximum absolute atomic E-state index is 11.5. The summed E-state index contributed by atoms with van der Waals surface area (Å²) >= 11 is 0. The third-order valence-electron chi connectivity index (χ3n) is 2.87. The molecule has 1 aliphatic heterocycles. The summed E-state index contributed by atoms with van der Waals surface area (Å²) in [5.74, 6) is -0.520. The lowest BCUT2D eigenvalue weighted by molar-refractivity contribution is -0.156. The molecule has 0 spiro atoms. The highest BCUT2D eigenvalue weighted by Gasteiger charge is 2.50. The van der Waals surface area contributed by atoms with Gasteiger partial charge in [0.25, 0.3) is 0 Å². The van der Waals surface area contributed by atoms with E-state index in [0.29, 0.717) is 0 Å². The van der Waals surface area contributed by atoms with E-state index in [4.69, 9.17) is 0 Å². The predicted octanol–water partition coefficient (Wildman–Crippen LogP) is 1.90. The van der Waals surface area contributed by atoms with Gasteiger partial charge in [0.1, 0.15) is 0 Å². The molecule has 1 unspecified atom stereocenters. The van der Waals surface area contributed by atoms with Gasteiger partial charge in [0.15, 0.2) is 0 Å². The predicted molar refractivity (Wildman–Crippen MR) is 47.9 cm³/mol. The molecule has 0 aliphatic carbocycles. The number of ether oxygens (including phenoxy) is 1. The first-order valence-electron chi connectivity index (χ1n) is 4.78. The van der Waals surface area contributed by atoms with Crippen LogP contribution in [-0.4, -0.2) is 11.9 Å². The van der Waals surface area contributed by atoms with Crippen LogP contribution in [0.25, 0.3) is 0 Å². The second-order valence-corrected chi connectivity index (χ2v) is 4.00. The van der Waals surface area contributed by atoms with Gasteiger partial charge in [0.2, 0.25) is 0 Å². The van der Waals surface area contributed by atoms with Crippen molar-refractivity contribution in [1.29, 1.82) is 0 Å². The van der Waals surface area contributed by atoms with E-state index >= 15 is 0 Å². The highest BCUT2D eigenvalue weighted by Crippen LogP contribution is 2.42. The van der Waals surface area contributed by atoms with E-state index < -0.39 is 5.41 Å². The average Bonchev–Trinajstić information content (AvgIpc) is 2.28. The fourth-order valence-corrected chi connectivity index (χ4v) is 1.94. The van der Waals surface area contributed by atoms with Crippen LogP contribution in [0.1, 0.15) is 40.0 Å². The Balaban J connectivity index is 2.90. The van der Waals surface area contributed by atoms with Gasteiger partial charge >= 0.3 is 11.9 Å². The Hall–Kier alpha value is -0.860. The van der Waals surface area contributed by atoms with Gasteiger partial charge in [-0.15, -0.1) is 0 Å². The normalized spacial score (nSPS) is 28.3. The molecule has 0 aromatic carbocycles. The lowest BCUT2D eigenvalue weighted by atomic mass is 9.73. The Morgan fingerprint density at radius 1 is 1.46 bits per heavy atom. The zero-order valence-electron chi connectivity index (χ0n) is 8.42. The van der Waals surface area contributed by atoms with Crippen LogP contribution in [0.2, 0.25) is 0 Å². The molecule has 0 aromatic heterocycles. The molecule has 0 bridgehead atoms. The van der Waals surface area contributed by atoms with Crippen molar-refractivity contribution in [2.24, 2.45) is 11.3 Å². The molecule has 1 saturated heterocycles. The number of hydrogen-bond donors (Lipinski definition) is 0. The molecule has 1 atom stereocenters. The molecule has 0 saturated carbocycles. The number of cyclic esters (lactones) is 2. The van der Waals surface area contributed by atoms with Crippen molar-refractivity contribution < 1.29 is 14.3 Å². The number of carbonyl (C=O) groups excluding carboxylic acids is 2. The van der Waals surface area contributed by atoms with Gasteiger partial charge in [-0.25, -0.2) is 0 Å². The standard InChI is InChI=1S/C10H16O3/c1-4-5-10(7(2)3)6-8(11)13-9(10)12/h7H,4-6H2,1-3H3. The Labute approximate surface area is 78.5 Å². The van der Waals surface area contributed by atoms with Crippen LogP contribution in [0, 0.1) is 11.3 Å². The zero-order valence-corrected chi connectivity index (χ0v) is 8.42. The molecule has 3 heteroatoms. The summed E-state index contributed by atoms with van der Waals surface area (Å²) in [6.07, 6.45) is 1.91. The first-order valence-corrected chi connectivity index (χ1v) is 4.78. The summed E-state index contributed by atoms with van der Waals surface area (Å²) in [6, 6.07) is 0. The smallest absolute Gasteiger partial charge is 0.320 e. The first kappa shape index (κ1) is 10.2. The minimum absolute atomic E-state index is 0.173. The van der Waals surface area contributed by atoms with E-state index in [0.717, 1.165) is 12.8 Å². The van der Waals surface area contributed by atoms with Crippen LogP contribution in [0.15, 0.2) is 0 Å². The average molecular weight is 184 g/mol. The first-order chi connectivity index (χ1) is 6.03. The van der Waals surface area contributed by atoms with E-state index in [1.165, 1.54) is 0 Å². The van der Waals surface area contributed by atoms with E-state index in [1.807, 2.05) is 20.8 Å². The molecule has 1 rings (SSSR count). The van der Waals surface area contributed by atoms with E-state index in [-0.39, 0.29) is 24.3 Å². The van der Waals surface area contributed by atoms with Gasteiger partial charge in [-0.05, 0) is 12.3 Å². The van der Waals surface area contributed by atoms with Crippen LogP contribution < -0.4 is 0 Å². The topological polar surface area (TPSA) is 43.4 Å². The monoisotopic (exact) mass is 184 g/mol. The van der Waals surface area contributed by atoms with Crippen LogP contribution in [0.5, 0.6) is 0 Å². The van der Waals surface area contributed by atoms with E-state index in [1.54, 1.807) is 0 Å². The van der Waals surface area contributed by atoms with Gasteiger partial charge in [-0.1, -0.05) is 27.2 Å². The summed E-state index contributed by atoms with van der Waals surface area (Å²) < 4.78 is 4.61. The van der Waals surface area contributed by atoms with Gasteiger partial charge < -0.3 is 4.74 Å². The van der Waals surface area contributed by atoms with Crippen LogP contribution in [-0.2, 0) is 14.3 Å². The maximum atomic E-state index is 11.5. The molecule has 0 radical (unpaired) electrons. The Kier molecular flexibility index (Phi) is 2.74. The van der Waals surface area contributed by atoms with Crippen molar-refractivity contribution in [1.82, 2.24) is 0 Å². The molecule has 1 fully saturated rings. The van der Waals surface area contributed by atoms with Crippen LogP contribution in [0.4, 0.5) is 0 Å². The molecule has 3 nitrogen and oxygen atoms in total. The van der Waals surface area contributed by atoms with Crippen molar-refractivity contribution in [2.75, 3.05) is 0 Å². The summed E-state index contributed by atoms with van der Waals surface area (Å²) in [4.78, 5) is 22.5. The van der Waals surface area contributed by atoms with Crippen molar-refractivity contribution in [2.45, 2.75) is 40.0 Å². The highest BCUT2D eigenvalue weighted by atomic mass is 16.6. The second-order valence-electron chi connectivity index (χ2n) is 4.00. The minimum atomic E-state index is -0.536. The Bertz CT molecular complexity index is 232. The Morgan fingerprint density at radius 3 is 2.38 bits per heavy atom. The van der Waals surface area contributed by atoms with Crippen molar-refractivity contribution in [3.8, 4) is 0 Å². The van der Waals surface area contributed by atoms with Crippen molar-refractivity contribution in [3.05, 3.63) is 0 Å². The van der Waals surface area contributed by atoms with Gasteiger partial charge in [-0.2, -0.15) is 0 Å². The molecule has 1 heterocycles. The molecule has 0 amide bonds. The number of carbonyl (C=O) groups is 2. The number of rotatable bonds is 3. The number of esters is 2. The molecule has 74 valence electrons. The van der Waals surface area contributed by atoms with Crippen LogP contribution in [0.3, 0.4) is 0 Å². The lowest BCUT2D eigenvalue weighted by Crippen LogP contribution is -2.32. The third-order valence-corrected chi connectivity index (χ3v) is 2.87. The number of hydrogen-bond acceptors (Lipinski definition) is 3. The summed E-state index contributed by atoms with van der Waals surface area (Å²) in [7, 11) is 0. The van der Waals surface area contributed by atoms with Gasteiger partial charge in [-0.3, -0.25) is 9.59 Å². The highest BCUT2D eigenvalue weighted by molar-refractivity contribution is 5.97. The fraction of sp³-hybridized carbons (Fsp3) is 0.800. The molecule has 0 N–H and O–H groups in total. The maximum Gasteiger partial charge on any atom is 0.320 e.